The molecule has 1 aromatic heterocycles. The second kappa shape index (κ2) is 6.50. The molecule has 0 radical (unpaired) electrons. The molecule has 2 rings (SSSR count). The molecular weight excluding hydrogens is 245 g/mol. The molecule has 1 aromatic rings. The summed E-state index contributed by atoms with van der Waals surface area (Å²) in [5, 5.41) is 6.01. The summed E-state index contributed by atoms with van der Waals surface area (Å²) >= 11 is 0. The van der Waals surface area contributed by atoms with Crippen molar-refractivity contribution < 1.29 is 9.18 Å². The van der Waals surface area contributed by atoms with Gasteiger partial charge in [-0.05, 0) is 25.3 Å². The van der Waals surface area contributed by atoms with Crippen molar-refractivity contribution in [1.82, 2.24) is 10.3 Å². The number of hydrogen-bond acceptors (Lipinski definition) is 3. The van der Waals surface area contributed by atoms with Crippen LogP contribution in [0.5, 0.6) is 0 Å². The highest BCUT2D eigenvalue weighted by molar-refractivity contribution is 5.98. The Morgan fingerprint density at radius 1 is 1.47 bits per heavy atom. The summed E-state index contributed by atoms with van der Waals surface area (Å²) in [6, 6.07) is 1.46. The molecule has 0 spiro atoms. The van der Waals surface area contributed by atoms with E-state index >= 15 is 0 Å². The molecule has 1 saturated carbocycles. The van der Waals surface area contributed by atoms with Crippen LogP contribution >= 0.6 is 0 Å². The number of hydrogen-bond donors (Lipinski definition) is 2. The zero-order valence-corrected chi connectivity index (χ0v) is 11.2. The van der Waals surface area contributed by atoms with Crippen molar-refractivity contribution in [2.45, 2.75) is 45.1 Å². The van der Waals surface area contributed by atoms with Crippen LogP contribution in [0.25, 0.3) is 0 Å². The van der Waals surface area contributed by atoms with Crippen LogP contribution in [0.3, 0.4) is 0 Å². The van der Waals surface area contributed by atoms with Crippen LogP contribution in [0.1, 0.15) is 49.4 Å². The van der Waals surface area contributed by atoms with E-state index in [0.717, 1.165) is 38.3 Å². The molecule has 4 nitrogen and oxygen atoms in total. The van der Waals surface area contributed by atoms with Crippen molar-refractivity contribution in [3.8, 4) is 0 Å². The molecule has 5 heteroatoms. The highest BCUT2D eigenvalue weighted by Crippen LogP contribution is 2.19. The van der Waals surface area contributed by atoms with Crippen molar-refractivity contribution >= 4 is 11.7 Å². The lowest BCUT2D eigenvalue weighted by Crippen LogP contribution is -2.33. The minimum absolute atomic E-state index is 0.217. The van der Waals surface area contributed by atoms with Crippen molar-refractivity contribution in [3.05, 3.63) is 23.6 Å². The Kier molecular flexibility index (Phi) is 4.71. The van der Waals surface area contributed by atoms with E-state index in [1.54, 1.807) is 0 Å². The highest BCUT2D eigenvalue weighted by atomic mass is 19.1. The summed E-state index contributed by atoms with van der Waals surface area (Å²) in [5.41, 5.74) is 0.292. The van der Waals surface area contributed by atoms with Crippen LogP contribution in [0.2, 0.25) is 0 Å². The van der Waals surface area contributed by atoms with Gasteiger partial charge in [-0.15, -0.1) is 0 Å². The molecule has 19 heavy (non-hydrogen) atoms. The van der Waals surface area contributed by atoms with E-state index in [2.05, 4.69) is 15.6 Å². The van der Waals surface area contributed by atoms with Crippen LogP contribution < -0.4 is 10.6 Å². The zero-order valence-electron chi connectivity index (χ0n) is 11.2. The summed E-state index contributed by atoms with van der Waals surface area (Å²) in [5.74, 6) is -0.269. The van der Waals surface area contributed by atoms with Crippen molar-refractivity contribution in [1.29, 1.82) is 0 Å². The number of nitrogens with one attached hydrogen (secondary N) is 2. The first kappa shape index (κ1) is 13.8. The number of carbonyl (C=O) groups excluding carboxylic acids is 1. The summed E-state index contributed by atoms with van der Waals surface area (Å²) in [6.07, 6.45) is 6.35. The van der Waals surface area contributed by atoms with Gasteiger partial charge in [0, 0.05) is 12.6 Å². The summed E-state index contributed by atoms with van der Waals surface area (Å²) < 4.78 is 13.3. The number of pyridine rings is 1. The predicted molar refractivity (Wildman–Crippen MR) is 72.7 cm³/mol. The van der Waals surface area contributed by atoms with E-state index in [-0.39, 0.29) is 11.9 Å². The fourth-order valence-electron chi connectivity index (χ4n) is 2.33. The Balaban J connectivity index is 2.11. The third kappa shape index (κ3) is 3.66. The molecule has 104 valence electrons. The number of amides is 1. The largest absolute Gasteiger partial charge is 0.369 e. The Morgan fingerprint density at radius 2 is 2.21 bits per heavy atom. The number of anilines is 1. The van der Waals surface area contributed by atoms with Gasteiger partial charge < -0.3 is 10.6 Å². The molecule has 1 fully saturated rings. The Labute approximate surface area is 112 Å². The molecule has 1 amide bonds. The second-order valence-electron chi connectivity index (χ2n) is 4.93. The number of aromatic nitrogens is 1. The lowest BCUT2D eigenvalue weighted by Gasteiger charge is -2.14. The quantitative estimate of drug-likeness (QED) is 0.860. The smallest absolute Gasteiger partial charge is 0.255 e. The van der Waals surface area contributed by atoms with Gasteiger partial charge in [-0.3, -0.25) is 4.79 Å². The van der Waals surface area contributed by atoms with E-state index in [9.17, 15) is 9.18 Å². The van der Waals surface area contributed by atoms with Gasteiger partial charge in [-0.2, -0.15) is 0 Å². The topological polar surface area (TPSA) is 54.0 Å². The predicted octanol–water partition coefficient (Wildman–Crippen LogP) is 2.72. The zero-order chi connectivity index (χ0) is 13.7. The van der Waals surface area contributed by atoms with Gasteiger partial charge in [0.1, 0.15) is 11.6 Å². The molecule has 0 aliphatic heterocycles. The summed E-state index contributed by atoms with van der Waals surface area (Å²) in [7, 11) is 0. The van der Waals surface area contributed by atoms with Crippen LogP contribution in [0.4, 0.5) is 10.2 Å². The van der Waals surface area contributed by atoms with E-state index in [1.165, 1.54) is 6.07 Å². The highest BCUT2D eigenvalue weighted by Gasteiger charge is 2.20. The van der Waals surface area contributed by atoms with Gasteiger partial charge in [0.2, 0.25) is 0 Å². The second-order valence-corrected chi connectivity index (χ2v) is 4.93. The maximum Gasteiger partial charge on any atom is 0.255 e. The third-order valence-electron chi connectivity index (χ3n) is 3.33. The lowest BCUT2D eigenvalue weighted by molar-refractivity contribution is 0.0938. The third-order valence-corrected chi connectivity index (χ3v) is 3.33. The molecule has 0 aromatic carbocycles. The van der Waals surface area contributed by atoms with E-state index in [4.69, 9.17) is 0 Å². The summed E-state index contributed by atoms with van der Waals surface area (Å²) in [6.45, 7) is 2.73. The normalized spacial score (nSPS) is 15.5. The van der Waals surface area contributed by atoms with Crippen LogP contribution in [0, 0.1) is 5.82 Å². The van der Waals surface area contributed by atoms with E-state index < -0.39 is 5.82 Å². The number of rotatable bonds is 5. The molecule has 0 atom stereocenters. The van der Waals surface area contributed by atoms with Crippen molar-refractivity contribution in [2.24, 2.45) is 0 Å². The standard InChI is InChI=1S/C14H20FN3O/c1-2-7-16-13-12(8-10(15)9-17-13)14(19)18-11-5-3-4-6-11/h8-9,11H,2-7H2,1H3,(H,16,17)(H,18,19). The maximum atomic E-state index is 13.3. The number of nitrogens with zero attached hydrogens (tertiary/aromatic N) is 1. The SMILES string of the molecule is CCCNc1ncc(F)cc1C(=O)NC1CCCC1. The Hall–Kier alpha value is -1.65. The van der Waals surface area contributed by atoms with Gasteiger partial charge >= 0.3 is 0 Å². The average molecular weight is 265 g/mol. The fraction of sp³-hybridized carbons (Fsp3) is 0.571. The van der Waals surface area contributed by atoms with Crippen molar-refractivity contribution in [2.75, 3.05) is 11.9 Å². The maximum absolute atomic E-state index is 13.3. The first-order valence-corrected chi connectivity index (χ1v) is 6.91. The molecule has 0 saturated heterocycles. The minimum Gasteiger partial charge on any atom is -0.369 e. The van der Waals surface area contributed by atoms with E-state index in [0.29, 0.717) is 17.9 Å². The molecule has 1 aliphatic carbocycles. The van der Waals surface area contributed by atoms with Gasteiger partial charge in [0.15, 0.2) is 0 Å². The lowest BCUT2D eigenvalue weighted by atomic mass is 10.2. The van der Waals surface area contributed by atoms with Crippen LogP contribution in [-0.2, 0) is 0 Å². The molecule has 1 aliphatic rings. The Bertz CT molecular complexity index is 444. The van der Waals surface area contributed by atoms with Gasteiger partial charge in [-0.25, -0.2) is 9.37 Å². The first-order valence-electron chi connectivity index (χ1n) is 6.91. The van der Waals surface area contributed by atoms with Crippen molar-refractivity contribution in [3.63, 3.8) is 0 Å². The van der Waals surface area contributed by atoms with Gasteiger partial charge in [0.05, 0.1) is 11.8 Å². The Morgan fingerprint density at radius 3 is 2.89 bits per heavy atom. The molecule has 1 heterocycles. The molecule has 0 bridgehead atoms. The summed E-state index contributed by atoms with van der Waals surface area (Å²) in [4.78, 5) is 16.1. The fourth-order valence-corrected chi connectivity index (χ4v) is 2.33. The van der Waals surface area contributed by atoms with Crippen LogP contribution in [0.15, 0.2) is 12.3 Å². The van der Waals surface area contributed by atoms with Gasteiger partial charge in [-0.1, -0.05) is 19.8 Å². The first-order chi connectivity index (χ1) is 9.20. The molecular formula is C14H20FN3O. The molecule has 0 unspecified atom stereocenters. The van der Waals surface area contributed by atoms with Gasteiger partial charge in [0.25, 0.3) is 5.91 Å². The number of carbonyl (C=O) groups is 1. The average Bonchev–Trinajstić information content (AvgIpc) is 2.90. The number of halogens is 1. The molecule has 2 N–H and O–H groups in total. The van der Waals surface area contributed by atoms with Crippen LogP contribution in [-0.4, -0.2) is 23.5 Å². The minimum atomic E-state index is -0.487. The monoisotopic (exact) mass is 265 g/mol. The van der Waals surface area contributed by atoms with E-state index in [1.807, 2.05) is 6.92 Å².